The summed E-state index contributed by atoms with van der Waals surface area (Å²) in [4.78, 5) is 13.3. The van der Waals surface area contributed by atoms with Gasteiger partial charge in [-0.05, 0) is 35.9 Å². The van der Waals surface area contributed by atoms with Crippen LogP contribution < -0.4 is 19.1 Å². The first-order valence-electron chi connectivity index (χ1n) is 9.96. The number of rotatable bonds is 8. The largest absolute Gasteiger partial charge is 0.493 e. The Morgan fingerprint density at radius 2 is 1.88 bits per heavy atom. The van der Waals surface area contributed by atoms with Crippen molar-refractivity contribution in [2.24, 2.45) is 0 Å². The second-order valence-corrected chi connectivity index (χ2v) is 9.01. The standard InChI is InChI=1S/C22H25ClN2O7S/c1-29-18-13-15(7-8-20(26)30-2)14-19(22(18)31-3)33(27,28)24-17-6-4-5-16(23)21(17)25-9-11-32-12-10-25/h4-8,13-14,24H,9-12H2,1-3H3/b8-7+. The fourth-order valence-electron chi connectivity index (χ4n) is 3.38. The lowest BCUT2D eigenvalue weighted by molar-refractivity contribution is -0.134. The van der Waals surface area contributed by atoms with E-state index in [1.807, 2.05) is 4.90 Å². The van der Waals surface area contributed by atoms with E-state index in [2.05, 4.69) is 9.46 Å². The van der Waals surface area contributed by atoms with Crippen LogP contribution >= 0.6 is 11.6 Å². The number of hydrogen-bond acceptors (Lipinski definition) is 8. The number of anilines is 2. The molecule has 11 heteroatoms. The molecule has 9 nitrogen and oxygen atoms in total. The van der Waals surface area contributed by atoms with Crippen LogP contribution in [0.15, 0.2) is 41.3 Å². The smallest absolute Gasteiger partial charge is 0.330 e. The molecule has 0 aliphatic carbocycles. The molecule has 0 spiro atoms. The summed E-state index contributed by atoms with van der Waals surface area (Å²) in [7, 11) is -0.168. The van der Waals surface area contributed by atoms with Gasteiger partial charge in [0.05, 0.1) is 50.9 Å². The summed E-state index contributed by atoms with van der Waals surface area (Å²) in [5, 5.41) is 0.413. The first-order chi connectivity index (χ1) is 15.8. The van der Waals surface area contributed by atoms with Crippen LogP contribution in [0.25, 0.3) is 6.08 Å². The van der Waals surface area contributed by atoms with E-state index in [-0.39, 0.29) is 16.4 Å². The van der Waals surface area contributed by atoms with Gasteiger partial charge in [-0.25, -0.2) is 13.2 Å². The number of carbonyl (C=O) groups excluding carboxylic acids is 1. The number of halogens is 1. The van der Waals surface area contributed by atoms with Gasteiger partial charge in [-0.3, -0.25) is 4.72 Å². The number of sulfonamides is 1. The van der Waals surface area contributed by atoms with Crippen LogP contribution in [-0.4, -0.2) is 62.0 Å². The van der Waals surface area contributed by atoms with Crippen molar-refractivity contribution in [3.63, 3.8) is 0 Å². The summed E-state index contributed by atoms with van der Waals surface area (Å²) in [5.41, 5.74) is 1.29. The van der Waals surface area contributed by atoms with Crippen LogP contribution in [0.2, 0.25) is 5.02 Å². The Balaban J connectivity index is 2.07. The summed E-state index contributed by atoms with van der Waals surface area (Å²) < 4.78 is 50.3. The Bertz CT molecular complexity index is 1150. The highest BCUT2D eigenvalue weighted by Crippen LogP contribution is 2.39. The predicted octanol–water partition coefficient (Wildman–Crippen LogP) is 3.18. The second-order valence-electron chi connectivity index (χ2n) is 6.95. The van der Waals surface area contributed by atoms with Crippen molar-refractivity contribution in [2.75, 3.05) is 57.3 Å². The summed E-state index contributed by atoms with van der Waals surface area (Å²) in [6, 6.07) is 7.93. The minimum Gasteiger partial charge on any atom is -0.493 e. The number of hydrogen-bond donors (Lipinski definition) is 1. The van der Waals surface area contributed by atoms with E-state index in [1.54, 1.807) is 24.3 Å². The maximum Gasteiger partial charge on any atom is 0.330 e. The summed E-state index contributed by atoms with van der Waals surface area (Å²) in [6.07, 6.45) is 2.60. The number of para-hydroxylation sites is 1. The van der Waals surface area contributed by atoms with Crippen LogP contribution in [0.5, 0.6) is 11.5 Å². The van der Waals surface area contributed by atoms with E-state index >= 15 is 0 Å². The highest BCUT2D eigenvalue weighted by atomic mass is 35.5. The maximum atomic E-state index is 13.5. The predicted molar refractivity (Wildman–Crippen MR) is 126 cm³/mol. The third kappa shape index (κ3) is 5.70. The number of carbonyl (C=O) groups is 1. The zero-order chi connectivity index (χ0) is 24.0. The van der Waals surface area contributed by atoms with Crippen LogP contribution in [-0.2, 0) is 24.3 Å². The van der Waals surface area contributed by atoms with Crippen molar-refractivity contribution >= 4 is 45.0 Å². The van der Waals surface area contributed by atoms with E-state index in [1.165, 1.54) is 39.5 Å². The Morgan fingerprint density at radius 3 is 2.52 bits per heavy atom. The van der Waals surface area contributed by atoms with E-state index in [0.29, 0.717) is 48.3 Å². The van der Waals surface area contributed by atoms with Gasteiger partial charge < -0.3 is 23.8 Å². The lowest BCUT2D eigenvalue weighted by atomic mass is 10.2. The molecule has 178 valence electrons. The number of nitrogens with zero attached hydrogens (tertiary/aromatic N) is 1. The molecule has 0 unspecified atom stereocenters. The molecule has 1 N–H and O–H groups in total. The van der Waals surface area contributed by atoms with Gasteiger partial charge in [0.2, 0.25) is 0 Å². The molecule has 1 aliphatic rings. The molecule has 33 heavy (non-hydrogen) atoms. The zero-order valence-corrected chi connectivity index (χ0v) is 20.0. The van der Waals surface area contributed by atoms with Gasteiger partial charge in [-0.2, -0.15) is 0 Å². The molecule has 2 aromatic rings. The van der Waals surface area contributed by atoms with E-state index < -0.39 is 16.0 Å². The first-order valence-corrected chi connectivity index (χ1v) is 11.8. The molecule has 1 aliphatic heterocycles. The Hall–Kier alpha value is -2.95. The number of ether oxygens (including phenoxy) is 4. The number of nitrogens with one attached hydrogen (secondary N) is 1. The highest BCUT2D eigenvalue weighted by Gasteiger charge is 2.27. The quantitative estimate of drug-likeness (QED) is 0.439. The van der Waals surface area contributed by atoms with Crippen molar-refractivity contribution in [2.45, 2.75) is 4.90 Å². The molecule has 3 rings (SSSR count). The molecule has 0 atom stereocenters. The molecule has 1 saturated heterocycles. The van der Waals surface area contributed by atoms with Gasteiger partial charge in [0.1, 0.15) is 4.90 Å². The fourth-order valence-corrected chi connectivity index (χ4v) is 4.96. The minimum absolute atomic E-state index is 0.0233. The molecular weight excluding hydrogens is 472 g/mol. The lowest BCUT2D eigenvalue weighted by Crippen LogP contribution is -2.37. The molecule has 0 amide bonds. The molecule has 0 bridgehead atoms. The summed E-state index contributed by atoms with van der Waals surface area (Å²) >= 11 is 6.44. The second kappa shape index (κ2) is 10.8. The van der Waals surface area contributed by atoms with Gasteiger partial charge >= 0.3 is 5.97 Å². The molecular formula is C22H25ClN2O7S. The Labute approximate surface area is 197 Å². The van der Waals surface area contributed by atoms with Gasteiger partial charge in [-0.1, -0.05) is 17.7 Å². The Morgan fingerprint density at radius 1 is 1.15 bits per heavy atom. The highest BCUT2D eigenvalue weighted by molar-refractivity contribution is 7.92. The third-order valence-corrected chi connectivity index (χ3v) is 6.60. The molecule has 0 radical (unpaired) electrons. The number of esters is 1. The SMILES string of the molecule is COC(=O)/C=C/c1cc(OC)c(OC)c(S(=O)(=O)Nc2cccc(Cl)c2N2CCOCC2)c1. The van der Waals surface area contributed by atoms with Crippen molar-refractivity contribution in [3.05, 3.63) is 47.0 Å². The Kier molecular flexibility index (Phi) is 8.06. The number of morpholine rings is 1. The normalized spacial score (nSPS) is 14.2. The van der Waals surface area contributed by atoms with E-state index in [4.69, 9.17) is 25.8 Å². The number of benzene rings is 2. The van der Waals surface area contributed by atoms with Gasteiger partial charge in [-0.15, -0.1) is 0 Å². The lowest BCUT2D eigenvalue weighted by Gasteiger charge is -2.31. The molecule has 2 aromatic carbocycles. The maximum absolute atomic E-state index is 13.5. The van der Waals surface area contributed by atoms with Crippen molar-refractivity contribution in [1.82, 2.24) is 0 Å². The zero-order valence-electron chi connectivity index (χ0n) is 18.5. The van der Waals surface area contributed by atoms with E-state index in [9.17, 15) is 13.2 Å². The summed E-state index contributed by atoms with van der Waals surface area (Å²) in [5.74, 6) is -0.374. The average Bonchev–Trinajstić information content (AvgIpc) is 2.82. The fraction of sp³-hybridized carbons (Fsp3) is 0.318. The van der Waals surface area contributed by atoms with Gasteiger partial charge in [0.15, 0.2) is 11.5 Å². The van der Waals surface area contributed by atoms with Crippen molar-refractivity contribution in [1.29, 1.82) is 0 Å². The molecule has 1 fully saturated rings. The average molecular weight is 497 g/mol. The van der Waals surface area contributed by atoms with Crippen molar-refractivity contribution < 1.29 is 32.2 Å². The van der Waals surface area contributed by atoms with Gasteiger partial charge in [0, 0.05) is 19.2 Å². The van der Waals surface area contributed by atoms with Crippen LogP contribution in [0, 0.1) is 0 Å². The third-order valence-electron chi connectivity index (χ3n) is 4.93. The number of methoxy groups -OCH3 is 3. The molecule has 0 saturated carbocycles. The first kappa shape index (κ1) is 24.7. The van der Waals surface area contributed by atoms with Crippen LogP contribution in [0.4, 0.5) is 11.4 Å². The topological polar surface area (TPSA) is 103 Å². The monoisotopic (exact) mass is 496 g/mol. The van der Waals surface area contributed by atoms with Crippen molar-refractivity contribution in [3.8, 4) is 11.5 Å². The summed E-state index contributed by atoms with van der Waals surface area (Å²) in [6.45, 7) is 2.17. The minimum atomic E-state index is -4.15. The van der Waals surface area contributed by atoms with Crippen LogP contribution in [0.3, 0.4) is 0 Å². The van der Waals surface area contributed by atoms with Gasteiger partial charge in [0.25, 0.3) is 10.0 Å². The van der Waals surface area contributed by atoms with Crippen LogP contribution in [0.1, 0.15) is 5.56 Å². The van der Waals surface area contributed by atoms with E-state index in [0.717, 1.165) is 0 Å². The molecule has 1 heterocycles. The molecule has 0 aromatic heterocycles.